The summed E-state index contributed by atoms with van der Waals surface area (Å²) >= 11 is 0. The van der Waals surface area contributed by atoms with Gasteiger partial charge in [0.05, 0.1) is 11.4 Å². The van der Waals surface area contributed by atoms with Gasteiger partial charge >= 0.3 is 0 Å². The van der Waals surface area contributed by atoms with Crippen LogP contribution in [-0.4, -0.2) is 52.7 Å². The predicted molar refractivity (Wildman–Crippen MR) is 98.8 cm³/mol. The molecule has 0 fully saturated rings. The third-order valence-electron chi connectivity index (χ3n) is 4.72. The summed E-state index contributed by atoms with van der Waals surface area (Å²) in [4.78, 5) is 30.9. The minimum absolute atomic E-state index is 0.0267. The number of benzene rings is 1. The maximum atomic E-state index is 13.0. The number of carbonyl (C=O) groups is 2. The summed E-state index contributed by atoms with van der Waals surface area (Å²) in [7, 11) is 3.23. The second kappa shape index (κ2) is 7.22. The Morgan fingerprint density at radius 1 is 1.30 bits per heavy atom. The zero-order valence-electron chi connectivity index (χ0n) is 15.4. The van der Waals surface area contributed by atoms with E-state index in [9.17, 15) is 19.1 Å². The first-order valence-electron chi connectivity index (χ1n) is 8.52. The zero-order valence-corrected chi connectivity index (χ0v) is 15.4. The average molecular weight is 372 g/mol. The molecule has 0 spiro atoms. The second-order valence-electron chi connectivity index (χ2n) is 6.42. The highest BCUT2D eigenvalue weighted by molar-refractivity contribution is 6.13. The highest BCUT2D eigenvalue weighted by Crippen LogP contribution is 2.33. The standard InChI is InChI=1S/C19H21FN4O3/c1-11(21-2)15-14(17(25)16-19(27)23(3)8-9-24(15)16)18(26)22-10-12-4-6-13(20)7-5-12/h4-7,25H,8-10H2,1-3H3,(H,22,26). The molecule has 1 aliphatic rings. The van der Waals surface area contributed by atoms with Gasteiger partial charge in [-0.2, -0.15) is 0 Å². The lowest BCUT2D eigenvalue weighted by molar-refractivity contribution is 0.0745. The van der Waals surface area contributed by atoms with E-state index in [-0.39, 0.29) is 35.3 Å². The van der Waals surface area contributed by atoms with Crippen LogP contribution in [0, 0.1) is 5.82 Å². The molecule has 0 saturated carbocycles. The molecule has 2 aromatic rings. The van der Waals surface area contributed by atoms with Crippen molar-refractivity contribution in [2.75, 3.05) is 20.6 Å². The number of rotatable bonds is 4. The van der Waals surface area contributed by atoms with Gasteiger partial charge in [0, 0.05) is 33.7 Å². The van der Waals surface area contributed by atoms with Gasteiger partial charge in [-0.3, -0.25) is 14.6 Å². The minimum Gasteiger partial charge on any atom is -0.505 e. The third-order valence-corrected chi connectivity index (χ3v) is 4.72. The van der Waals surface area contributed by atoms with Crippen LogP contribution in [0.1, 0.15) is 39.0 Å². The number of nitrogens with zero attached hydrogens (tertiary/aromatic N) is 3. The van der Waals surface area contributed by atoms with Crippen LogP contribution in [0.3, 0.4) is 0 Å². The first-order chi connectivity index (χ1) is 12.8. The van der Waals surface area contributed by atoms with Gasteiger partial charge in [-0.25, -0.2) is 4.39 Å². The molecule has 2 amide bonds. The number of likely N-dealkylation sites (N-methyl/N-ethyl adjacent to an activating group) is 1. The van der Waals surface area contributed by atoms with Gasteiger partial charge in [-0.05, 0) is 24.6 Å². The third kappa shape index (κ3) is 3.30. The maximum absolute atomic E-state index is 13.0. The SMILES string of the molecule is CN=C(C)c1c(C(=O)NCc2ccc(F)cc2)c(O)c2n1CCN(C)C2=O. The summed E-state index contributed by atoms with van der Waals surface area (Å²) in [5, 5.41) is 13.4. The Morgan fingerprint density at radius 3 is 2.59 bits per heavy atom. The Kier molecular flexibility index (Phi) is 4.98. The Hall–Kier alpha value is -3.16. The molecule has 0 bridgehead atoms. The molecule has 1 aromatic heterocycles. The van der Waals surface area contributed by atoms with E-state index in [1.807, 2.05) is 0 Å². The van der Waals surface area contributed by atoms with Crippen LogP contribution in [0.4, 0.5) is 4.39 Å². The number of hydrogen-bond donors (Lipinski definition) is 2. The average Bonchev–Trinajstić information content (AvgIpc) is 2.96. The molecule has 0 unspecified atom stereocenters. The lowest BCUT2D eigenvalue weighted by Gasteiger charge is -2.25. The van der Waals surface area contributed by atoms with Crippen molar-refractivity contribution in [2.45, 2.75) is 20.0 Å². The molecule has 8 heteroatoms. The number of halogens is 1. The van der Waals surface area contributed by atoms with Gasteiger partial charge in [0.2, 0.25) is 0 Å². The molecule has 27 heavy (non-hydrogen) atoms. The van der Waals surface area contributed by atoms with Gasteiger partial charge in [-0.15, -0.1) is 0 Å². The van der Waals surface area contributed by atoms with E-state index >= 15 is 0 Å². The van der Waals surface area contributed by atoms with Crippen LogP contribution in [-0.2, 0) is 13.1 Å². The normalized spacial score (nSPS) is 14.3. The summed E-state index contributed by atoms with van der Waals surface area (Å²) < 4.78 is 14.7. The zero-order chi connectivity index (χ0) is 19.7. The van der Waals surface area contributed by atoms with Crippen molar-refractivity contribution in [2.24, 2.45) is 4.99 Å². The Labute approximate surface area is 156 Å². The topological polar surface area (TPSA) is 86.9 Å². The fraction of sp³-hybridized carbons (Fsp3) is 0.316. The van der Waals surface area contributed by atoms with Crippen molar-refractivity contribution in [3.8, 4) is 5.75 Å². The van der Waals surface area contributed by atoms with E-state index in [0.717, 1.165) is 0 Å². The number of nitrogens with one attached hydrogen (secondary N) is 1. The smallest absolute Gasteiger partial charge is 0.274 e. The van der Waals surface area contributed by atoms with Crippen LogP contribution in [0.15, 0.2) is 29.3 Å². The van der Waals surface area contributed by atoms with Crippen LogP contribution < -0.4 is 5.32 Å². The van der Waals surface area contributed by atoms with Crippen LogP contribution >= 0.6 is 0 Å². The van der Waals surface area contributed by atoms with E-state index in [2.05, 4.69) is 10.3 Å². The number of aliphatic imine (C=N–C) groups is 1. The molecule has 0 atom stereocenters. The molecular weight excluding hydrogens is 351 g/mol. The Balaban J connectivity index is 1.98. The summed E-state index contributed by atoms with van der Waals surface area (Å²) in [6.45, 7) is 2.81. The second-order valence-corrected chi connectivity index (χ2v) is 6.42. The number of aromatic hydroxyl groups is 1. The van der Waals surface area contributed by atoms with Gasteiger partial charge in [0.15, 0.2) is 11.4 Å². The van der Waals surface area contributed by atoms with Crippen molar-refractivity contribution in [1.29, 1.82) is 0 Å². The first-order valence-corrected chi connectivity index (χ1v) is 8.52. The predicted octanol–water partition coefficient (Wildman–Crippen LogP) is 1.79. The first kappa shape index (κ1) is 18.6. The van der Waals surface area contributed by atoms with Crippen molar-refractivity contribution >= 4 is 17.5 Å². The monoisotopic (exact) mass is 372 g/mol. The quantitative estimate of drug-likeness (QED) is 0.802. The molecule has 142 valence electrons. The maximum Gasteiger partial charge on any atom is 0.274 e. The summed E-state index contributed by atoms with van der Waals surface area (Å²) in [5.41, 5.74) is 1.81. The molecule has 2 heterocycles. The molecular formula is C19H21FN4O3. The number of aromatic nitrogens is 1. The van der Waals surface area contributed by atoms with Crippen LogP contribution in [0.25, 0.3) is 0 Å². The van der Waals surface area contributed by atoms with Gasteiger partial charge in [0.1, 0.15) is 11.4 Å². The van der Waals surface area contributed by atoms with Crippen LogP contribution in [0.5, 0.6) is 5.75 Å². The molecule has 3 rings (SSSR count). The van der Waals surface area contributed by atoms with Crippen molar-refractivity contribution < 1.29 is 19.1 Å². The summed E-state index contributed by atoms with van der Waals surface area (Å²) in [6.07, 6.45) is 0. The summed E-state index contributed by atoms with van der Waals surface area (Å²) in [6, 6.07) is 5.75. The molecule has 0 saturated heterocycles. The van der Waals surface area contributed by atoms with Crippen molar-refractivity contribution in [3.05, 3.63) is 52.6 Å². The molecule has 0 aliphatic carbocycles. The fourth-order valence-electron chi connectivity index (χ4n) is 3.15. The lowest BCUT2D eigenvalue weighted by atomic mass is 10.1. The fourth-order valence-corrected chi connectivity index (χ4v) is 3.15. The minimum atomic E-state index is -0.521. The summed E-state index contributed by atoms with van der Waals surface area (Å²) in [5.74, 6) is -1.57. The number of amides is 2. The van der Waals surface area contributed by atoms with Crippen molar-refractivity contribution in [1.82, 2.24) is 14.8 Å². The van der Waals surface area contributed by atoms with Gasteiger partial charge in [-0.1, -0.05) is 12.1 Å². The molecule has 0 radical (unpaired) electrons. The Morgan fingerprint density at radius 2 is 1.96 bits per heavy atom. The highest BCUT2D eigenvalue weighted by Gasteiger charge is 2.35. The lowest BCUT2D eigenvalue weighted by Crippen LogP contribution is -2.37. The molecule has 7 nitrogen and oxygen atoms in total. The van der Waals surface area contributed by atoms with E-state index < -0.39 is 5.91 Å². The largest absolute Gasteiger partial charge is 0.505 e. The molecule has 1 aromatic carbocycles. The molecule has 1 aliphatic heterocycles. The van der Waals surface area contributed by atoms with E-state index in [0.29, 0.717) is 30.1 Å². The van der Waals surface area contributed by atoms with Gasteiger partial charge < -0.3 is 19.9 Å². The van der Waals surface area contributed by atoms with E-state index in [4.69, 9.17) is 0 Å². The number of hydrogen-bond acceptors (Lipinski definition) is 4. The van der Waals surface area contributed by atoms with E-state index in [1.54, 1.807) is 37.7 Å². The Bertz CT molecular complexity index is 931. The van der Waals surface area contributed by atoms with Crippen molar-refractivity contribution in [3.63, 3.8) is 0 Å². The van der Waals surface area contributed by atoms with Gasteiger partial charge in [0.25, 0.3) is 11.8 Å². The highest BCUT2D eigenvalue weighted by atomic mass is 19.1. The van der Waals surface area contributed by atoms with Crippen LogP contribution in [0.2, 0.25) is 0 Å². The number of carbonyl (C=O) groups excluding carboxylic acids is 2. The van der Waals surface area contributed by atoms with E-state index in [1.165, 1.54) is 17.0 Å². The molecule has 2 N–H and O–H groups in total. The number of fused-ring (bicyclic) bond motifs is 1.